The van der Waals surface area contributed by atoms with Crippen LogP contribution in [0.4, 0.5) is 5.69 Å². The van der Waals surface area contributed by atoms with Crippen LogP contribution in [0.5, 0.6) is 0 Å². The van der Waals surface area contributed by atoms with Gasteiger partial charge in [-0.25, -0.2) is 4.79 Å². The molecule has 0 amide bonds. The summed E-state index contributed by atoms with van der Waals surface area (Å²) in [5.41, 5.74) is 2.44. The van der Waals surface area contributed by atoms with Crippen LogP contribution in [0.25, 0.3) is 0 Å². The lowest BCUT2D eigenvalue weighted by Crippen LogP contribution is -2.28. The Morgan fingerprint density at radius 3 is 2.55 bits per heavy atom. The summed E-state index contributed by atoms with van der Waals surface area (Å²) < 4.78 is 5.41. The SMILES string of the molecule is CCNc1cccc(C)c1C(=O)OCCN(CC)CC. The van der Waals surface area contributed by atoms with Gasteiger partial charge in [-0.1, -0.05) is 26.0 Å². The minimum Gasteiger partial charge on any atom is -0.461 e. The number of aryl methyl sites for hydroxylation is 1. The summed E-state index contributed by atoms with van der Waals surface area (Å²) in [6, 6.07) is 5.79. The number of benzene rings is 1. The van der Waals surface area contributed by atoms with Crippen LogP contribution < -0.4 is 5.32 Å². The molecule has 4 heteroatoms. The summed E-state index contributed by atoms with van der Waals surface area (Å²) in [6.07, 6.45) is 0. The molecule has 0 bridgehead atoms. The molecular weight excluding hydrogens is 252 g/mol. The predicted octanol–water partition coefficient (Wildman–Crippen LogP) is 2.93. The molecule has 0 saturated carbocycles. The molecule has 0 spiro atoms. The van der Waals surface area contributed by atoms with Crippen molar-refractivity contribution in [3.05, 3.63) is 29.3 Å². The van der Waals surface area contributed by atoms with Crippen LogP contribution in [0.2, 0.25) is 0 Å². The summed E-state index contributed by atoms with van der Waals surface area (Å²) in [6.45, 7) is 12.1. The molecule has 0 aliphatic rings. The molecule has 0 fully saturated rings. The second-order valence-electron chi connectivity index (χ2n) is 4.69. The van der Waals surface area contributed by atoms with Gasteiger partial charge in [-0.3, -0.25) is 0 Å². The second kappa shape index (κ2) is 8.59. The molecule has 1 aromatic carbocycles. The first-order chi connectivity index (χ1) is 9.63. The Hall–Kier alpha value is -1.55. The largest absolute Gasteiger partial charge is 0.461 e. The molecule has 4 nitrogen and oxygen atoms in total. The average molecular weight is 278 g/mol. The Morgan fingerprint density at radius 2 is 1.95 bits per heavy atom. The van der Waals surface area contributed by atoms with E-state index < -0.39 is 0 Å². The zero-order chi connectivity index (χ0) is 15.0. The number of carbonyl (C=O) groups excluding carboxylic acids is 1. The van der Waals surface area contributed by atoms with E-state index >= 15 is 0 Å². The van der Waals surface area contributed by atoms with Crippen LogP contribution in [-0.2, 0) is 4.74 Å². The van der Waals surface area contributed by atoms with Crippen molar-refractivity contribution in [2.24, 2.45) is 0 Å². The third-order valence-electron chi connectivity index (χ3n) is 3.38. The smallest absolute Gasteiger partial charge is 0.340 e. The standard InChI is InChI=1S/C16H26N2O2/c1-5-17-14-10-8-9-13(4)15(14)16(19)20-12-11-18(6-2)7-3/h8-10,17H,5-7,11-12H2,1-4H3. The molecule has 1 N–H and O–H groups in total. The number of hydrogen-bond acceptors (Lipinski definition) is 4. The Balaban J connectivity index is 2.67. The number of carbonyl (C=O) groups is 1. The first-order valence-electron chi connectivity index (χ1n) is 7.36. The second-order valence-corrected chi connectivity index (χ2v) is 4.69. The molecule has 0 aliphatic heterocycles. The maximum Gasteiger partial charge on any atom is 0.340 e. The molecule has 0 atom stereocenters. The molecule has 0 aromatic heterocycles. The number of nitrogens with zero attached hydrogens (tertiary/aromatic N) is 1. The summed E-state index contributed by atoms with van der Waals surface area (Å²) in [4.78, 5) is 14.5. The van der Waals surface area contributed by atoms with E-state index in [-0.39, 0.29) is 5.97 Å². The molecular formula is C16H26N2O2. The van der Waals surface area contributed by atoms with Gasteiger partial charge in [0.2, 0.25) is 0 Å². The van der Waals surface area contributed by atoms with Crippen LogP contribution in [0, 0.1) is 6.92 Å². The average Bonchev–Trinajstić information content (AvgIpc) is 2.44. The van der Waals surface area contributed by atoms with Crippen LogP contribution in [-0.4, -0.2) is 43.7 Å². The van der Waals surface area contributed by atoms with Crippen LogP contribution >= 0.6 is 0 Å². The first-order valence-corrected chi connectivity index (χ1v) is 7.36. The first kappa shape index (κ1) is 16.5. The highest BCUT2D eigenvalue weighted by molar-refractivity contribution is 5.97. The summed E-state index contributed by atoms with van der Waals surface area (Å²) >= 11 is 0. The number of rotatable bonds is 8. The fourth-order valence-electron chi connectivity index (χ4n) is 2.16. The highest BCUT2D eigenvalue weighted by Gasteiger charge is 2.15. The maximum atomic E-state index is 12.2. The van der Waals surface area contributed by atoms with Gasteiger partial charge in [-0.2, -0.15) is 0 Å². The van der Waals surface area contributed by atoms with Crippen molar-refractivity contribution in [3.8, 4) is 0 Å². The zero-order valence-electron chi connectivity index (χ0n) is 13.0. The van der Waals surface area contributed by atoms with Crippen molar-refractivity contribution < 1.29 is 9.53 Å². The van der Waals surface area contributed by atoms with Crippen molar-refractivity contribution in [1.29, 1.82) is 0 Å². The number of anilines is 1. The Labute approximate surface area is 122 Å². The third kappa shape index (κ3) is 4.53. The number of hydrogen-bond donors (Lipinski definition) is 1. The topological polar surface area (TPSA) is 41.6 Å². The van der Waals surface area contributed by atoms with Crippen molar-refractivity contribution >= 4 is 11.7 Å². The molecule has 1 aromatic rings. The molecule has 0 heterocycles. The monoisotopic (exact) mass is 278 g/mol. The number of nitrogens with one attached hydrogen (secondary N) is 1. The molecule has 0 saturated heterocycles. The Bertz CT molecular complexity index is 428. The van der Waals surface area contributed by atoms with E-state index in [1.807, 2.05) is 32.0 Å². The third-order valence-corrected chi connectivity index (χ3v) is 3.38. The van der Waals surface area contributed by atoms with E-state index in [0.29, 0.717) is 12.2 Å². The molecule has 0 unspecified atom stereocenters. The molecule has 0 radical (unpaired) electrons. The van der Waals surface area contributed by atoms with E-state index in [2.05, 4.69) is 24.1 Å². The van der Waals surface area contributed by atoms with Gasteiger partial charge in [0.05, 0.1) is 5.56 Å². The Kier molecular flexibility index (Phi) is 7.09. The molecule has 1 rings (SSSR count). The predicted molar refractivity (Wildman–Crippen MR) is 83.4 cm³/mol. The summed E-state index contributed by atoms with van der Waals surface area (Å²) in [5, 5.41) is 3.21. The van der Waals surface area contributed by atoms with Gasteiger partial charge < -0.3 is 15.0 Å². The summed E-state index contributed by atoms with van der Waals surface area (Å²) in [5.74, 6) is -0.244. The fraction of sp³-hybridized carbons (Fsp3) is 0.562. The number of likely N-dealkylation sites (N-methyl/N-ethyl adjacent to an activating group) is 1. The quantitative estimate of drug-likeness (QED) is 0.742. The Morgan fingerprint density at radius 1 is 1.25 bits per heavy atom. The highest BCUT2D eigenvalue weighted by Crippen LogP contribution is 2.20. The van der Waals surface area contributed by atoms with E-state index in [4.69, 9.17) is 4.74 Å². The van der Waals surface area contributed by atoms with Crippen LogP contribution in [0.1, 0.15) is 36.7 Å². The van der Waals surface area contributed by atoms with E-state index in [1.54, 1.807) is 0 Å². The van der Waals surface area contributed by atoms with Gasteiger partial charge >= 0.3 is 5.97 Å². The normalized spacial score (nSPS) is 10.7. The van der Waals surface area contributed by atoms with Gasteiger partial charge in [0.1, 0.15) is 6.61 Å². The van der Waals surface area contributed by atoms with Crippen LogP contribution in [0.3, 0.4) is 0 Å². The minimum atomic E-state index is -0.244. The van der Waals surface area contributed by atoms with Gasteiger partial charge in [0.15, 0.2) is 0 Å². The number of esters is 1. The lowest BCUT2D eigenvalue weighted by molar-refractivity contribution is 0.0467. The minimum absolute atomic E-state index is 0.244. The van der Waals surface area contributed by atoms with Gasteiger partial charge in [-0.15, -0.1) is 0 Å². The van der Waals surface area contributed by atoms with E-state index in [1.165, 1.54) is 0 Å². The summed E-state index contributed by atoms with van der Waals surface area (Å²) in [7, 11) is 0. The zero-order valence-corrected chi connectivity index (χ0v) is 13.0. The highest BCUT2D eigenvalue weighted by atomic mass is 16.5. The van der Waals surface area contributed by atoms with E-state index in [9.17, 15) is 4.79 Å². The lowest BCUT2D eigenvalue weighted by Gasteiger charge is -2.18. The van der Waals surface area contributed by atoms with Crippen LogP contribution in [0.15, 0.2) is 18.2 Å². The van der Waals surface area contributed by atoms with Crippen molar-refractivity contribution in [1.82, 2.24) is 4.90 Å². The van der Waals surface area contributed by atoms with Crippen molar-refractivity contribution in [2.75, 3.05) is 38.1 Å². The lowest BCUT2D eigenvalue weighted by atomic mass is 10.1. The van der Waals surface area contributed by atoms with Crippen molar-refractivity contribution in [3.63, 3.8) is 0 Å². The van der Waals surface area contributed by atoms with Gasteiger partial charge in [-0.05, 0) is 38.6 Å². The molecule has 0 aliphatic carbocycles. The van der Waals surface area contributed by atoms with E-state index in [0.717, 1.165) is 37.4 Å². The van der Waals surface area contributed by atoms with Crippen molar-refractivity contribution in [2.45, 2.75) is 27.7 Å². The molecule has 112 valence electrons. The van der Waals surface area contributed by atoms with Gasteiger partial charge in [0.25, 0.3) is 0 Å². The maximum absolute atomic E-state index is 12.2. The molecule has 20 heavy (non-hydrogen) atoms. The van der Waals surface area contributed by atoms with Gasteiger partial charge in [0, 0.05) is 18.8 Å². The fourth-order valence-corrected chi connectivity index (χ4v) is 2.16. The number of ether oxygens (including phenoxy) is 1.